The van der Waals surface area contributed by atoms with Crippen LogP contribution in [0.4, 0.5) is 8.78 Å². The smallest absolute Gasteiger partial charge is 0.248 e. The zero-order valence-electron chi connectivity index (χ0n) is 10.7. The molecule has 4 heteroatoms. The van der Waals surface area contributed by atoms with Crippen LogP contribution in [-0.2, 0) is 6.42 Å². The maximum Gasteiger partial charge on any atom is 0.248 e. The molecule has 0 aliphatic heterocycles. The summed E-state index contributed by atoms with van der Waals surface area (Å²) in [7, 11) is 0. The molecule has 1 saturated carbocycles. The van der Waals surface area contributed by atoms with Crippen molar-refractivity contribution in [2.45, 2.75) is 51.0 Å². The Morgan fingerprint density at radius 3 is 2.94 bits per heavy atom. The van der Waals surface area contributed by atoms with Gasteiger partial charge in [0.25, 0.3) is 0 Å². The Balaban J connectivity index is 2.02. The second-order valence-corrected chi connectivity index (χ2v) is 5.24. The summed E-state index contributed by atoms with van der Waals surface area (Å²) in [6.07, 6.45) is 5.65. The van der Waals surface area contributed by atoms with Gasteiger partial charge in [-0.25, -0.2) is 8.78 Å². The van der Waals surface area contributed by atoms with E-state index in [1.165, 1.54) is 0 Å². The summed E-state index contributed by atoms with van der Waals surface area (Å²) in [6, 6.07) is 1.76. The fraction of sp³-hybridized carbons (Fsp3) is 0.643. The highest BCUT2D eigenvalue weighted by atomic mass is 19.3. The molecule has 1 aliphatic carbocycles. The zero-order valence-corrected chi connectivity index (χ0v) is 10.7. The standard InChI is InChI=1S/C14H20F2N2/c1-2-11-9-18-6-4-12(11)13(17)7-10-3-5-14(15,16)8-10/h4,6,9-10,13H,2-3,5,7-8,17H2,1H3. The first-order valence-electron chi connectivity index (χ1n) is 6.58. The van der Waals surface area contributed by atoms with Gasteiger partial charge in [-0.15, -0.1) is 0 Å². The summed E-state index contributed by atoms with van der Waals surface area (Å²) in [5.74, 6) is -2.43. The molecule has 2 N–H and O–H groups in total. The summed E-state index contributed by atoms with van der Waals surface area (Å²) in [6.45, 7) is 2.05. The number of hydrogen-bond acceptors (Lipinski definition) is 2. The van der Waals surface area contributed by atoms with Crippen molar-refractivity contribution in [2.75, 3.05) is 0 Å². The molecule has 2 nitrogen and oxygen atoms in total. The van der Waals surface area contributed by atoms with Crippen LogP contribution in [0.1, 0.15) is 49.8 Å². The molecule has 100 valence electrons. The molecule has 1 heterocycles. The first kappa shape index (κ1) is 13.4. The minimum Gasteiger partial charge on any atom is -0.324 e. The van der Waals surface area contributed by atoms with Gasteiger partial charge in [0.1, 0.15) is 0 Å². The van der Waals surface area contributed by atoms with Crippen LogP contribution in [0.15, 0.2) is 18.5 Å². The van der Waals surface area contributed by atoms with Crippen molar-refractivity contribution in [1.82, 2.24) is 4.98 Å². The van der Waals surface area contributed by atoms with Crippen LogP contribution < -0.4 is 5.73 Å². The number of halogens is 2. The Morgan fingerprint density at radius 2 is 2.33 bits per heavy atom. The van der Waals surface area contributed by atoms with Crippen molar-refractivity contribution in [3.05, 3.63) is 29.6 Å². The van der Waals surface area contributed by atoms with Gasteiger partial charge in [0.05, 0.1) is 0 Å². The highest BCUT2D eigenvalue weighted by Crippen LogP contribution is 2.42. The van der Waals surface area contributed by atoms with Gasteiger partial charge < -0.3 is 5.73 Å². The topological polar surface area (TPSA) is 38.9 Å². The van der Waals surface area contributed by atoms with Crippen molar-refractivity contribution >= 4 is 0 Å². The largest absolute Gasteiger partial charge is 0.324 e. The second kappa shape index (κ2) is 5.31. The lowest BCUT2D eigenvalue weighted by Gasteiger charge is -2.19. The van der Waals surface area contributed by atoms with Crippen LogP contribution >= 0.6 is 0 Å². The van der Waals surface area contributed by atoms with Gasteiger partial charge in [-0.05, 0) is 42.4 Å². The van der Waals surface area contributed by atoms with E-state index in [9.17, 15) is 8.78 Å². The monoisotopic (exact) mass is 254 g/mol. The molecule has 2 rings (SSSR count). The van der Waals surface area contributed by atoms with Crippen molar-refractivity contribution in [3.8, 4) is 0 Å². The molecule has 1 aromatic rings. The van der Waals surface area contributed by atoms with Gasteiger partial charge in [-0.2, -0.15) is 0 Å². The van der Waals surface area contributed by atoms with Gasteiger partial charge in [0.2, 0.25) is 5.92 Å². The summed E-state index contributed by atoms with van der Waals surface area (Å²) >= 11 is 0. The van der Waals surface area contributed by atoms with E-state index in [1.54, 1.807) is 6.20 Å². The summed E-state index contributed by atoms with van der Waals surface area (Å²) in [5, 5.41) is 0. The second-order valence-electron chi connectivity index (χ2n) is 5.24. The predicted molar refractivity (Wildman–Crippen MR) is 67.4 cm³/mol. The Labute approximate surface area is 107 Å². The zero-order chi connectivity index (χ0) is 13.2. The molecule has 0 saturated heterocycles. The lowest BCUT2D eigenvalue weighted by atomic mass is 9.92. The number of nitrogens with two attached hydrogens (primary N) is 1. The molecular formula is C14H20F2N2. The molecule has 1 fully saturated rings. The maximum absolute atomic E-state index is 13.1. The average molecular weight is 254 g/mol. The normalized spacial score (nSPS) is 24.1. The first-order chi connectivity index (χ1) is 8.52. The number of pyridine rings is 1. The molecule has 0 spiro atoms. The number of aromatic nitrogens is 1. The maximum atomic E-state index is 13.1. The SMILES string of the molecule is CCc1cnccc1C(N)CC1CCC(F)(F)C1. The van der Waals surface area contributed by atoms with Crippen LogP contribution in [0.3, 0.4) is 0 Å². The number of aryl methyl sites for hydroxylation is 1. The van der Waals surface area contributed by atoms with E-state index < -0.39 is 5.92 Å². The van der Waals surface area contributed by atoms with Crippen LogP contribution in [-0.4, -0.2) is 10.9 Å². The summed E-state index contributed by atoms with van der Waals surface area (Å²) in [5.41, 5.74) is 8.35. The fourth-order valence-corrected chi connectivity index (χ4v) is 2.82. The fourth-order valence-electron chi connectivity index (χ4n) is 2.82. The predicted octanol–water partition coefficient (Wildman–Crippen LogP) is 3.47. The minimum absolute atomic E-state index is 0.00670. The third kappa shape index (κ3) is 3.05. The van der Waals surface area contributed by atoms with Crippen LogP contribution in [0.2, 0.25) is 0 Å². The molecular weight excluding hydrogens is 234 g/mol. The van der Waals surface area contributed by atoms with Gasteiger partial charge >= 0.3 is 0 Å². The van der Waals surface area contributed by atoms with Gasteiger partial charge in [0, 0.05) is 31.3 Å². The van der Waals surface area contributed by atoms with Crippen molar-refractivity contribution in [2.24, 2.45) is 11.7 Å². The van der Waals surface area contributed by atoms with E-state index in [0.717, 1.165) is 17.5 Å². The average Bonchev–Trinajstić information content (AvgIpc) is 2.68. The lowest BCUT2D eigenvalue weighted by Crippen LogP contribution is -2.17. The van der Waals surface area contributed by atoms with Crippen molar-refractivity contribution < 1.29 is 8.78 Å². The molecule has 0 amide bonds. The molecule has 0 bridgehead atoms. The van der Waals surface area contributed by atoms with E-state index in [2.05, 4.69) is 11.9 Å². The van der Waals surface area contributed by atoms with Crippen LogP contribution in [0, 0.1) is 5.92 Å². The van der Waals surface area contributed by atoms with Crippen molar-refractivity contribution in [1.29, 1.82) is 0 Å². The van der Waals surface area contributed by atoms with Crippen LogP contribution in [0.5, 0.6) is 0 Å². The highest BCUT2D eigenvalue weighted by molar-refractivity contribution is 5.26. The first-order valence-corrected chi connectivity index (χ1v) is 6.58. The van der Waals surface area contributed by atoms with E-state index in [-0.39, 0.29) is 24.8 Å². The number of rotatable bonds is 4. The molecule has 0 radical (unpaired) electrons. The van der Waals surface area contributed by atoms with E-state index >= 15 is 0 Å². The lowest BCUT2D eigenvalue weighted by molar-refractivity contribution is 0.00446. The third-order valence-electron chi connectivity index (χ3n) is 3.81. The summed E-state index contributed by atoms with van der Waals surface area (Å²) < 4.78 is 26.3. The van der Waals surface area contributed by atoms with Gasteiger partial charge in [-0.3, -0.25) is 4.98 Å². The quantitative estimate of drug-likeness (QED) is 0.893. The number of alkyl halides is 2. The molecule has 2 unspecified atom stereocenters. The van der Waals surface area contributed by atoms with Gasteiger partial charge in [0.15, 0.2) is 0 Å². The number of nitrogens with zero attached hydrogens (tertiary/aromatic N) is 1. The number of hydrogen-bond donors (Lipinski definition) is 1. The Morgan fingerprint density at radius 1 is 1.56 bits per heavy atom. The third-order valence-corrected chi connectivity index (χ3v) is 3.81. The Hall–Kier alpha value is -1.03. The summed E-state index contributed by atoms with van der Waals surface area (Å²) in [4.78, 5) is 4.08. The van der Waals surface area contributed by atoms with Gasteiger partial charge in [-0.1, -0.05) is 6.92 Å². The molecule has 1 aromatic heterocycles. The Bertz CT molecular complexity index is 407. The Kier molecular flexibility index (Phi) is 3.95. The molecule has 1 aliphatic rings. The van der Waals surface area contributed by atoms with E-state index in [4.69, 9.17) is 5.73 Å². The molecule has 2 atom stereocenters. The molecule has 18 heavy (non-hydrogen) atoms. The van der Waals surface area contributed by atoms with Crippen molar-refractivity contribution in [3.63, 3.8) is 0 Å². The minimum atomic E-state index is -2.48. The van der Waals surface area contributed by atoms with E-state index in [0.29, 0.717) is 12.8 Å². The van der Waals surface area contributed by atoms with E-state index in [1.807, 2.05) is 12.3 Å². The molecule has 0 aromatic carbocycles. The van der Waals surface area contributed by atoms with Crippen LogP contribution in [0.25, 0.3) is 0 Å². The highest BCUT2D eigenvalue weighted by Gasteiger charge is 2.39.